The molecule has 9 aromatic rings. The van der Waals surface area contributed by atoms with E-state index in [0.29, 0.717) is 0 Å². The van der Waals surface area contributed by atoms with Crippen molar-refractivity contribution in [3.63, 3.8) is 0 Å². The Kier molecular flexibility index (Phi) is 8.66. The van der Waals surface area contributed by atoms with Gasteiger partial charge in [-0.15, -0.1) is 0 Å². The Morgan fingerprint density at radius 2 is 0.702 bits per heavy atom. The molecule has 2 heterocycles. The summed E-state index contributed by atoms with van der Waals surface area (Å²) in [4.78, 5) is 10.7. The van der Waals surface area contributed by atoms with Crippen LogP contribution in [-0.2, 0) is 0 Å². The average molecular weight is 745 g/mol. The fraction of sp³-hybridized carbons (Fsp3) is 0.0370. The number of hydrogen-bond donors (Lipinski definition) is 0. The lowest BCUT2D eigenvalue weighted by atomic mass is 9.92. The van der Waals surface area contributed by atoms with Gasteiger partial charge in [0.25, 0.3) is 0 Å². The third-order valence-corrected chi connectivity index (χ3v) is 14.8. The highest BCUT2D eigenvalue weighted by atomic mass is 28.3. The van der Waals surface area contributed by atoms with Gasteiger partial charge in [0.05, 0.1) is 5.69 Å². The molecule has 0 N–H and O–H groups in total. The number of aromatic nitrogens is 2. The van der Waals surface area contributed by atoms with E-state index in [2.05, 4.69) is 219 Å². The summed E-state index contributed by atoms with van der Waals surface area (Å²) in [5.74, 6) is 0.782. The molecule has 1 aliphatic heterocycles. The second-order valence-electron chi connectivity index (χ2n) is 15.4. The maximum Gasteiger partial charge on any atom is 0.159 e. The van der Waals surface area contributed by atoms with Gasteiger partial charge < -0.3 is 0 Å². The Morgan fingerprint density at radius 1 is 0.316 bits per heavy atom. The van der Waals surface area contributed by atoms with Gasteiger partial charge in [-0.2, -0.15) is 0 Å². The molecule has 0 saturated carbocycles. The van der Waals surface area contributed by atoms with Gasteiger partial charge in [0.15, 0.2) is 5.82 Å². The van der Waals surface area contributed by atoms with Crippen LogP contribution in [0.4, 0.5) is 0 Å². The van der Waals surface area contributed by atoms with Crippen LogP contribution < -0.4 is 10.5 Å². The SMILES string of the molecule is C[Si]1(C)c2ccccc2-c2c(-c3ccccc3)nc(-c3cccc(-c4ccc(-c5ccc(-c6cc(-c7ccccc7)cc(-c7ccccc7)c6)cc5)cc4)c3)nc21. The summed E-state index contributed by atoms with van der Waals surface area (Å²) >= 11 is 0. The Morgan fingerprint density at radius 3 is 1.25 bits per heavy atom. The number of nitrogens with zero attached hydrogens (tertiary/aromatic N) is 2. The molecule has 0 amide bonds. The second-order valence-corrected chi connectivity index (χ2v) is 19.7. The van der Waals surface area contributed by atoms with Crippen molar-refractivity contribution in [1.82, 2.24) is 9.97 Å². The van der Waals surface area contributed by atoms with Crippen molar-refractivity contribution < 1.29 is 0 Å². The lowest BCUT2D eigenvalue weighted by Gasteiger charge is -2.19. The van der Waals surface area contributed by atoms with E-state index in [9.17, 15) is 0 Å². The van der Waals surface area contributed by atoms with E-state index < -0.39 is 8.07 Å². The molecular formula is C54H40N2Si. The third kappa shape index (κ3) is 6.42. The summed E-state index contributed by atoms with van der Waals surface area (Å²) in [5, 5.41) is 2.65. The molecule has 0 saturated heterocycles. The van der Waals surface area contributed by atoms with Crippen molar-refractivity contribution in [2.24, 2.45) is 0 Å². The number of fused-ring (bicyclic) bond motifs is 3. The fourth-order valence-corrected chi connectivity index (χ4v) is 11.3. The Balaban J connectivity index is 0.957. The zero-order valence-electron chi connectivity index (χ0n) is 32.0. The molecule has 0 spiro atoms. The van der Waals surface area contributed by atoms with Gasteiger partial charge in [0, 0.05) is 22.0 Å². The highest BCUT2D eigenvalue weighted by Gasteiger charge is 2.41. The molecule has 3 heteroatoms. The number of hydrogen-bond acceptors (Lipinski definition) is 2. The van der Waals surface area contributed by atoms with Crippen molar-refractivity contribution in [3.05, 3.63) is 206 Å². The summed E-state index contributed by atoms with van der Waals surface area (Å²) in [6, 6.07) is 74.2. The molecule has 0 aliphatic carbocycles. The molecule has 0 unspecified atom stereocenters. The summed E-state index contributed by atoms with van der Waals surface area (Å²) in [6.07, 6.45) is 0. The first-order chi connectivity index (χ1) is 28.0. The van der Waals surface area contributed by atoms with E-state index in [1.807, 2.05) is 0 Å². The van der Waals surface area contributed by atoms with Gasteiger partial charge in [0.2, 0.25) is 0 Å². The Labute approximate surface area is 335 Å². The van der Waals surface area contributed by atoms with Gasteiger partial charge in [-0.25, -0.2) is 9.97 Å². The van der Waals surface area contributed by atoms with Gasteiger partial charge in [0.1, 0.15) is 8.07 Å². The van der Waals surface area contributed by atoms with Crippen LogP contribution in [0.25, 0.3) is 89.4 Å². The van der Waals surface area contributed by atoms with Gasteiger partial charge in [-0.1, -0.05) is 195 Å². The van der Waals surface area contributed by atoms with Crippen molar-refractivity contribution in [3.8, 4) is 89.4 Å². The molecule has 0 atom stereocenters. The minimum absolute atomic E-state index is 0.782. The molecule has 0 fully saturated rings. The topological polar surface area (TPSA) is 25.8 Å². The van der Waals surface area contributed by atoms with Gasteiger partial charge >= 0.3 is 0 Å². The average Bonchev–Trinajstić information content (AvgIpc) is 3.52. The normalized spacial score (nSPS) is 12.5. The highest BCUT2D eigenvalue weighted by molar-refractivity contribution is 7.03. The van der Waals surface area contributed by atoms with Gasteiger partial charge in [-0.3, -0.25) is 0 Å². The fourth-order valence-electron chi connectivity index (χ4n) is 8.41. The van der Waals surface area contributed by atoms with E-state index >= 15 is 0 Å². The standard InChI is InChI=1S/C54H40N2Si/c1-57(2)50-24-13-12-23-49(50)51-52(43-19-10-5-11-20-43)55-53(56-54(51)57)45-22-14-21-44(33-45)41-29-25-39(26-30-41)40-27-31-42(32-28-40)48-35-46(37-15-6-3-7-16-37)34-47(36-48)38-17-8-4-9-18-38/h3-36H,1-2H3. The minimum atomic E-state index is -2.03. The summed E-state index contributed by atoms with van der Waals surface area (Å²) in [6.45, 7) is 4.83. The van der Waals surface area contributed by atoms with Crippen molar-refractivity contribution in [2.75, 3.05) is 0 Å². The first kappa shape index (κ1) is 34.5. The third-order valence-electron chi connectivity index (χ3n) is 11.5. The smallest absolute Gasteiger partial charge is 0.159 e. The summed E-state index contributed by atoms with van der Waals surface area (Å²) in [7, 11) is -2.03. The van der Waals surface area contributed by atoms with Crippen LogP contribution in [0.5, 0.6) is 0 Å². The Hall–Kier alpha value is -6.94. The molecule has 0 bridgehead atoms. The summed E-state index contributed by atoms with van der Waals surface area (Å²) in [5.41, 5.74) is 17.6. The second kappa shape index (κ2) is 14.3. The molecular weight excluding hydrogens is 705 g/mol. The molecule has 10 rings (SSSR count). The van der Waals surface area contributed by atoms with E-state index in [-0.39, 0.29) is 0 Å². The van der Waals surface area contributed by atoms with Crippen molar-refractivity contribution >= 4 is 18.6 Å². The molecule has 0 radical (unpaired) electrons. The van der Waals surface area contributed by atoms with Crippen LogP contribution in [0.3, 0.4) is 0 Å². The minimum Gasteiger partial charge on any atom is -0.237 e. The Bertz CT molecular complexity index is 2820. The first-order valence-electron chi connectivity index (χ1n) is 19.6. The van der Waals surface area contributed by atoms with Crippen LogP contribution >= 0.6 is 0 Å². The van der Waals surface area contributed by atoms with Crippen LogP contribution in [0.15, 0.2) is 206 Å². The molecule has 2 nitrogen and oxygen atoms in total. The summed E-state index contributed by atoms with van der Waals surface area (Å²) < 4.78 is 0. The lowest BCUT2D eigenvalue weighted by molar-refractivity contribution is 1.21. The van der Waals surface area contributed by atoms with E-state index in [1.54, 1.807) is 0 Å². The zero-order chi connectivity index (χ0) is 38.3. The molecule has 270 valence electrons. The zero-order valence-corrected chi connectivity index (χ0v) is 33.0. The largest absolute Gasteiger partial charge is 0.237 e. The molecule has 57 heavy (non-hydrogen) atoms. The van der Waals surface area contributed by atoms with Crippen LogP contribution in [0.1, 0.15) is 0 Å². The molecule has 1 aliphatic rings. The highest BCUT2D eigenvalue weighted by Crippen LogP contribution is 2.38. The number of rotatable bonds is 7. The van der Waals surface area contributed by atoms with Crippen molar-refractivity contribution in [1.29, 1.82) is 0 Å². The monoisotopic (exact) mass is 744 g/mol. The predicted octanol–water partition coefficient (Wildman–Crippen LogP) is 12.9. The molecule has 8 aromatic carbocycles. The quantitative estimate of drug-likeness (QED) is 0.152. The van der Waals surface area contributed by atoms with E-state index in [0.717, 1.165) is 33.8 Å². The molecule has 1 aromatic heterocycles. The van der Waals surface area contributed by atoms with Crippen LogP contribution in [-0.4, -0.2) is 18.0 Å². The van der Waals surface area contributed by atoms with Crippen molar-refractivity contribution in [2.45, 2.75) is 13.1 Å². The first-order valence-corrected chi connectivity index (χ1v) is 22.6. The van der Waals surface area contributed by atoms with Crippen LogP contribution in [0.2, 0.25) is 13.1 Å². The van der Waals surface area contributed by atoms with Crippen LogP contribution in [0, 0.1) is 0 Å². The maximum atomic E-state index is 5.39. The number of benzene rings is 8. The predicted molar refractivity (Wildman–Crippen MR) is 242 cm³/mol. The lowest BCUT2D eigenvalue weighted by Crippen LogP contribution is -2.50. The maximum absolute atomic E-state index is 5.39. The van der Waals surface area contributed by atoms with E-state index in [1.165, 1.54) is 66.1 Å². The van der Waals surface area contributed by atoms with E-state index in [4.69, 9.17) is 9.97 Å². The van der Waals surface area contributed by atoms with Gasteiger partial charge in [-0.05, 0) is 90.7 Å².